The lowest BCUT2D eigenvalue weighted by molar-refractivity contribution is -0.0258. The maximum atomic E-state index is 12.5. The molecule has 0 aromatic heterocycles. The highest BCUT2D eigenvalue weighted by molar-refractivity contribution is 7.89. The Morgan fingerprint density at radius 1 is 0.893 bits per heavy atom. The van der Waals surface area contributed by atoms with Crippen LogP contribution in [-0.4, -0.2) is 59.8 Å². The number of hydrogen-bond acceptors (Lipinski definition) is 6. The van der Waals surface area contributed by atoms with E-state index in [-0.39, 0.29) is 21.0 Å². The average Bonchev–Trinajstić information content (AvgIpc) is 2.67. The molecule has 0 aliphatic heterocycles. The Kier molecular flexibility index (Phi) is 6.57. The van der Waals surface area contributed by atoms with Crippen molar-refractivity contribution in [1.82, 2.24) is 8.77 Å². The summed E-state index contributed by atoms with van der Waals surface area (Å²) in [7, 11) is -2.33. The summed E-state index contributed by atoms with van der Waals surface area (Å²) in [6.45, 7) is 0. The van der Waals surface area contributed by atoms with Crippen molar-refractivity contribution in [1.29, 1.82) is 0 Å². The van der Waals surface area contributed by atoms with Crippen molar-refractivity contribution in [2.45, 2.75) is 9.79 Å². The molecule has 2 aromatic rings. The van der Waals surface area contributed by atoms with Gasteiger partial charge in [-0.05, 0) is 36.4 Å². The molecule has 11 heteroatoms. The Balaban J connectivity index is 2.31. The molecule has 0 aliphatic rings. The van der Waals surface area contributed by atoms with Crippen molar-refractivity contribution in [2.75, 3.05) is 33.6 Å². The van der Waals surface area contributed by atoms with Crippen molar-refractivity contribution in [2.24, 2.45) is 0 Å². The van der Waals surface area contributed by atoms with E-state index in [1.807, 2.05) is 0 Å². The minimum absolute atomic E-state index is 0.0470. The molecule has 2 aromatic carbocycles. The van der Waals surface area contributed by atoms with Gasteiger partial charge in [-0.25, -0.2) is 21.1 Å². The number of sulfonamides is 2. The summed E-state index contributed by atoms with van der Waals surface area (Å²) in [6.07, 6.45) is 0. The monoisotopic (exact) mass is 427 g/mol. The van der Waals surface area contributed by atoms with Gasteiger partial charge in [0.1, 0.15) is 4.90 Å². The zero-order chi connectivity index (χ0) is 21.1. The zero-order valence-electron chi connectivity index (χ0n) is 15.8. The van der Waals surface area contributed by atoms with Gasteiger partial charge in [-0.3, -0.25) is 9.63 Å². The van der Waals surface area contributed by atoms with Crippen LogP contribution in [0.15, 0.2) is 58.3 Å². The number of para-hydroxylation sites is 1. The number of anilines is 1. The molecule has 0 unspecified atom stereocenters. The standard InChI is InChI=1S/C17H21N3O6S2/c1-19(2)28(24,25)16-8-6-5-7-15(16)18-17(21)13-9-11-14(12-10-13)27(22,23)20(3)26-4/h5-12H,1-4H3,(H,18,21). The van der Waals surface area contributed by atoms with Gasteiger partial charge in [0.25, 0.3) is 15.9 Å². The molecular formula is C17H21N3O6S2. The molecule has 9 nitrogen and oxygen atoms in total. The first-order valence-electron chi connectivity index (χ1n) is 7.98. The molecule has 0 heterocycles. The smallest absolute Gasteiger partial charge is 0.264 e. The minimum Gasteiger partial charge on any atom is -0.321 e. The van der Waals surface area contributed by atoms with Crippen LogP contribution in [0.5, 0.6) is 0 Å². The normalized spacial score (nSPS) is 12.4. The number of hydroxylamine groups is 1. The van der Waals surface area contributed by atoms with Crippen molar-refractivity contribution in [3.05, 3.63) is 54.1 Å². The van der Waals surface area contributed by atoms with Gasteiger partial charge in [-0.1, -0.05) is 16.6 Å². The largest absolute Gasteiger partial charge is 0.321 e. The third-order valence-corrected chi connectivity index (χ3v) is 7.47. The Morgan fingerprint density at radius 3 is 2.00 bits per heavy atom. The van der Waals surface area contributed by atoms with Gasteiger partial charge in [-0.2, -0.15) is 0 Å². The number of nitrogens with zero attached hydrogens (tertiary/aromatic N) is 2. The first-order valence-corrected chi connectivity index (χ1v) is 10.9. The summed E-state index contributed by atoms with van der Waals surface area (Å²) < 4.78 is 50.9. The van der Waals surface area contributed by atoms with Gasteiger partial charge < -0.3 is 5.32 Å². The average molecular weight is 428 g/mol. The van der Waals surface area contributed by atoms with Gasteiger partial charge in [-0.15, -0.1) is 0 Å². The molecule has 0 radical (unpaired) electrons. The van der Waals surface area contributed by atoms with Crippen LogP contribution < -0.4 is 5.32 Å². The molecule has 0 saturated heterocycles. The van der Waals surface area contributed by atoms with Crippen LogP contribution in [0.2, 0.25) is 0 Å². The third-order valence-electron chi connectivity index (χ3n) is 3.90. The van der Waals surface area contributed by atoms with Crippen molar-refractivity contribution < 1.29 is 26.5 Å². The molecule has 0 aliphatic carbocycles. The van der Waals surface area contributed by atoms with E-state index in [4.69, 9.17) is 4.84 Å². The maximum absolute atomic E-state index is 12.5. The second-order valence-electron chi connectivity index (χ2n) is 5.86. The topological polar surface area (TPSA) is 113 Å². The molecule has 0 spiro atoms. The number of benzene rings is 2. The Bertz CT molecular complexity index is 1060. The molecule has 1 amide bonds. The third kappa shape index (κ3) is 4.39. The molecule has 0 atom stereocenters. The summed E-state index contributed by atoms with van der Waals surface area (Å²) in [6, 6.07) is 11.2. The minimum atomic E-state index is -3.83. The van der Waals surface area contributed by atoms with E-state index in [0.717, 1.165) is 4.31 Å². The van der Waals surface area contributed by atoms with Gasteiger partial charge in [0, 0.05) is 26.7 Å². The van der Waals surface area contributed by atoms with E-state index >= 15 is 0 Å². The predicted molar refractivity (Wildman–Crippen MR) is 104 cm³/mol. The zero-order valence-corrected chi connectivity index (χ0v) is 17.4. The van der Waals surface area contributed by atoms with Gasteiger partial charge in [0.05, 0.1) is 17.7 Å². The fraction of sp³-hybridized carbons (Fsp3) is 0.235. The molecule has 0 saturated carbocycles. The molecule has 152 valence electrons. The van der Waals surface area contributed by atoms with Crippen molar-refractivity contribution in [3.63, 3.8) is 0 Å². The predicted octanol–water partition coefficient (Wildman–Crippen LogP) is 1.37. The fourth-order valence-corrected chi connectivity index (χ4v) is 4.22. The summed E-state index contributed by atoms with van der Waals surface area (Å²) in [5.41, 5.74) is 0.285. The van der Waals surface area contributed by atoms with Gasteiger partial charge >= 0.3 is 0 Å². The number of carbonyl (C=O) groups is 1. The van der Waals surface area contributed by atoms with E-state index in [0.29, 0.717) is 4.47 Å². The molecule has 2 rings (SSSR count). The fourth-order valence-electron chi connectivity index (χ4n) is 2.21. The highest BCUT2D eigenvalue weighted by Crippen LogP contribution is 2.24. The van der Waals surface area contributed by atoms with Crippen LogP contribution in [-0.2, 0) is 24.9 Å². The first-order chi connectivity index (χ1) is 13.0. The first kappa shape index (κ1) is 22.0. The number of amides is 1. The molecule has 1 N–H and O–H groups in total. The summed E-state index contributed by atoms with van der Waals surface area (Å²) in [5, 5.41) is 2.55. The quantitative estimate of drug-likeness (QED) is 0.668. The van der Waals surface area contributed by atoms with E-state index in [1.54, 1.807) is 12.1 Å². The molecular weight excluding hydrogens is 406 g/mol. The van der Waals surface area contributed by atoms with Crippen LogP contribution in [0.1, 0.15) is 10.4 Å². The van der Waals surface area contributed by atoms with Crippen molar-refractivity contribution in [3.8, 4) is 0 Å². The molecule has 28 heavy (non-hydrogen) atoms. The Labute approximate surface area is 164 Å². The highest BCUT2D eigenvalue weighted by atomic mass is 32.2. The summed E-state index contributed by atoms with van der Waals surface area (Å²) in [4.78, 5) is 17.1. The lowest BCUT2D eigenvalue weighted by Gasteiger charge is -2.16. The molecule has 0 bridgehead atoms. The summed E-state index contributed by atoms with van der Waals surface area (Å²) >= 11 is 0. The van der Waals surface area contributed by atoms with E-state index in [2.05, 4.69) is 5.32 Å². The van der Waals surface area contributed by atoms with Crippen molar-refractivity contribution >= 4 is 31.6 Å². The maximum Gasteiger partial charge on any atom is 0.264 e. The van der Waals surface area contributed by atoms with Crippen LogP contribution in [0.25, 0.3) is 0 Å². The van der Waals surface area contributed by atoms with Gasteiger partial charge in [0.2, 0.25) is 10.0 Å². The second kappa shape index (κ2) is 8.37. The Hall–Kier alpha value is -2.31. The SMILES string of the molecule is CON(C)S(=O)(=O)c1ccc(C(=O)Nc2ccccc2S(=O)(=O)N(C)C)cc1. The Morgan fingerprint density at radius 2 is 1.46 bits per heavy atom. The molecule has 0 fully saturated rings. The number of rotatable bonds is 7. The van der Waals surface area contributed by atoms with Gasteiger partial charge in [0.15, 0.2) is 0 Å². The van der Waals surface area contributed by atoms with E-state index in [9.17, 15) is 21.6 Å². The van der Waals surface area contributed by atoms with Crippen LogP contribution in [0, 0.1) is 0 Å². The van der Waals surface area contributed by atoms with Crippen LogP contribution in [0.4, 0.5) is 5.69 Å². The highest BCUT2D eigenvalue weighted by Gasteiger charge is 2.23. The van der Waals surface area contributed by atoms with E-state index in [1.165, 1.54) is 64.7 Å². The number of hydrogen-bond donors (Lipinski definition) is 1. The lowest BCUT2D eigenvalue weighted by Crippen LogP contribution is -2.26. The second-order valence-corrected chi connectivity index (χ2v) is 9.92. The van der Waals surface area contributed by atoms with Crippen LogP contribution >= 0.6 is 0 Å². The number of carbonyl (C=O) groups excluding carboxylic acids is 1. The lowest BCUT2D eigenvalue weighted by atomic mass is 10.2. The number of nitrogens with one attached hydrogen (secondary N) is 1. The van der Waals surface area contributed by atoms with E-state index < -0.39 is 26.0 Å². The van der Waals surface area contributed by atoms with Crippen LogP contribution in [0.3, 0.4) is 0 Å². The summed E-state index contributed by atoms with van der Waals surface area (Å²) in [5.74, 6) is -0.578.